The topological polar surface area (TPSA) is 80.5 Å². The maximum Gasteiger partial charge on any atom is 0.522 e. The number of alkyl halides is 3. The van der Waals surface area contributed by atoms with Crippen LogP contribution in [0.5, 0.6) is 0 Å². The lowest BCUT2D eigenvalue weighted by atomic mass is 9.86. The summed E-state index contributed by atoms with van der Waals surface area (Å²) in [5.74, 6) is 1.00. The molecule has 0 bridgehead atoms. The SMILES string of the molecule is O=C(O)N1Cc2cc(Cl)ccc2-n2c(nnc2C2CCC(OC(F)(F)F)CC2)C1. The number of halogens is 4. The minimum Gasteiger partial charge on any atom is -0.465 e. The molecule has 1 aromatic heterocycles. The van der Waals surface area contributed by atoms with Crippen LogP contribution in [0.25, 0.3) is 5.69 Å². The van der Waals surface area contributed by atoms with Crippen molar-refractivity contribution in [3.05, 3.63) is 40.4 Å². The highest BCUT2D eigenvalue weighted by Crippen LogP contribution is 2.38. The second-order valence-corrected chi connectivity index (χ2v) is 7.70. The molecule has 2 aromatic rings. The molecule has 0 saturated heterocycles. The highest BCUT2D eigenvalue weighted by atomic mass is 35.5. The normalized spacial score (nSPS) is 22.0. The van der Waals surface area contributed by atoms with E-state index < -0.39 is 18.6 Å². The fourth-order valence-corrected chi connectivity index (χ4v) is 4.25. The number of benzene rings is 1. The Morgan fingerprint density at radius 3 is 2.55 bits per heavy atom. The Hall–Kier alpha value is -2.33. The van der Waals surface area contributed by atoms with Crippen molar-refractivity contribution in [1.29, 1.82) is 0 Å². The lowest BCUT2D eigenvalue weighted by Gasteiger charge is -2.28. The van der Waals surface area contributed by atoms with E-state index in [2.05, 4.69) is 14.9 Å². The van der Waals surface area contributed by atoms with Crippen LogP contribution in [0, 0.1) is 0 Å². The van der Waals surface area contributed by atoms with E-state index >= 15 is 0 Å². The molecule has 1 aromatic carbocycles. The average Bonchev–Trinajstić information content (AvgIpc) is 2.96. The number of nitrogens with zero attached hydrogens (tertiary/aromatic N) is 4. The van der Waals surface area contributed by atoms with Gasteiger partial charge in [-0.15, -0.1) is 23.4 Å². The highest BCUT2D eigenvalue weighted by Gasteiger charge is 2.37. The summed E-state index contributed by atoms with van der Waals surface area (Å²) in [6, 6.07) is 5.20. The minimum absolute atomic E-state index is 0.0567. The molecule has 1 N–H and O–H groups in total. The predicted octanol–water partition coefficient (Wildman–Crippen LogP) is 4.48. The molecule has 0 radical (unpaired) electrons. The Morgan fingerprint density at radius 1 is 1.17 bits per heavy atom. The van der Waals surface area contributed by atoms with Gasteiger partial charge in [-0.05, 0) is 49.4 Å². The lowest BCUT2D eigenvalue weighted by Crippen LogP contribution is -2.28. The number of hydrogen-bond acceptors (Lipinski definition) is 4. The minimum atomic E-state index is -4.64. The van der Waals surface area contributed by atoms with Crippen molar-refractivity contribution in [3.63, 3.8) is 0 Å². The third-order valence-electron chi connectivity index (χ3n) is 5.34. The Bertz CT molecular complexity index is 926. The Labute approximate surface area is 169 Å². The van der Waals surface area contributed by atoms with Gasteiger partial charge in [-0.3, -0.25) is 14.2 Å². The van der Waals surface area contributed by atoms with E-state index in [0.717, 1.165) is 5.69 Å². The average molecular weight is 431 g/mol. The van der Waals surface area contributed by atoms with Crippen LogP contribution < -0.4 is 0 Å². The molecule has 0 atom stereocenters. The first kappa shape index (κ1) is 20.0. The second-order valence-electron chi connectivity index (χ2n) is 7.26. The van der Waals surface area contributed by atoms with Crippen LogP contribution in [-0.4, -0.2) is 43.3 Å². The van der Waals surface area contributed by atoms with Gasteiger partial charge in [0.1, 0.15) is 5.82 Å². The Morgan fingerprint density at radius 2 is 1.90 bits per heavy atom. The van der Waals surface area contributed by atoms with Gasteiger partial charge in [-0.1, -0.05) is 11.6 Å². The summed E-state index contributed by atoms with van der Waals surface area (Å²) < 4.78 is 43.4. The van der Waals surface area contributed by atoms with Gasteiger partial charge in [0.05, 0.1) is 24.9 Å². The van der Waals surface area contributed by atoms with E-state index in [9.17, 15) is 23.1 Å². The van der Waals surface area contributed by atoms with Crippen LogP contribution in [0.4, 0.5) is 18.0 Å². The molecular weight excluding hydrogens is 413 g/mol. The van der Waals surface area contributed by atoms with Crippen LogP contribution in [0.1, 0.15) is 48.8 Å². The first-order valence-corrected chi connectivity index (χ1v) is 9.54. The van der Waals surface area contributed by atoms with Crippen LogP contribution in [-0.2, 0) is 17.8 Å². The second kappa shape index (κ2) is 7.49. The molecular formula is C18H18ClF3N4O3. The zero-order valence-electron chi connectivity index (χ0n) is 15.2. The zero-order valence-corrected chi connectivity index (χ0v) is 15.9. The summed E-state index contributed by atoms with van der Waals surface area (Å²) in [6.07, 6.45) is -5.09. The number of fused-ring (bicyclic) bond motifs is 3. The number of ether oxygens (including phenoxy) is 1. The van der Waals surface area contributed by atoms with Crippen molar-refractivity contribution in [2.75, 3.05) is 0 Å². The maximum atomic E-state index is 12.5. The van der Waals surface area contributed by atoms with Crippen LogP contribution in [0.15, 0.2) is 18.2 Å². The summed E-state index contributed by atoms with van der Waals surface area (Å²) >= 11 is 6.10. The molecule has 29 heavy (non-hydrogen) atoms. The molecule has 4 rings (SSSR count). The molecule has 11 heteroatoms. The Balaban J connectivity index is 1.65. The summed E-state index contributed by atoms with van der Waals surface area (Å²) in [5.41, 5.74) is 1.45. The molecule has 1 aliphatic carbocycles. The lowest BCUT2D eigenvalue weighted by molar-refractivity contribution is -0.345. The molecule has 7 nitrogen and oxygen atoms in total. The molecule has 0 unspecified atom stereocenters. The quantitative estimate of drug-likeness (QED) is 0.760. The smallest absolute Gasteiger partial charge is 0.465 e. The van der Waals surface area contributed by atoms with Crippen LogP contribution in [0.2, 0.25) is 5.02 Å². The first-order chi connectivity index (χ1) is 13.7. The Kier molecular flexibility index (Phi) is 5.16. The van der Waals surface area contributed by atoms with Crippen LogP contribution in [0.3, 0.4) is 0 Å². The summed E-state index contributed by atoms with van der Waals surface area (Å²) in [5, 5.41) is 18.4. The highest BCUT2D eigenvalue weighted by molar-refractivity contribution is 6.30. The molecule has 1 aliphatic heterocycles. The number of carboxylic acid groups (broad SMARTS) is 1. The van der Waals surface area contributed by atoms with E-state index in [1.807, 2.05) is 4.57 Å². The standard InChI is InChI=1S/C18H18ClF3N4O3/c19-12-3-6-14-11(7-12)8-25(17(27)28)9-15-23-24-16(26(14)15)10-1-4-13(5-2-10)29-18(20,21)22/h3,6-7,10,13H,1-2,4-5,8-9H2,(H,27,28). The van der Waals surface area contributed by atoms with Crippen molar-refractivity contribution in [2.45, 2.75) is 57.2 Å². The predicted molar refractivity (Wildman–Crippen MR) is 95.8 cm³/mol. The third kappa shape index (κ3) is 4.18. The van der Waals surface area contributed by atoms with E-state index in [-0.39, 0.29) is 31.8 Å². The fraction of sp³-hybridized carbons (Fsp3) is 0.500. The van der Waals surface area contributed by atoms with E-state index in [1.165, 1.54) is 4.90 Å². The van der Waals surface area contributed by atoms with Gasteiger partial charge in [-0.2, -0.15) is 0 Å². The first-order valence-electron chi connectivity index (χ1n) is 9.16. The molecule has 1 saturated carbocycles. The summed E-state index contributed by atoms with van der Waals surface area (Å²) in [6.45, 7) is 0.210. The van der Waals surface area contributed by atoms with E-state index in [0.29, 0.717) is 35.1 Å². The van der Waals surface area contributed by atoms with E-state index in [1.54, 1.807) is 18.2 Å². The zero-order chi connectivity index (χ0) is 20.8. The van der Waals surface area contributed by atoms with Gasteiger partial charge in [0.25, 0.3) is 0 Å². The number of hydrogen-bond donors (Lipinski definition) is 1. The van der Waals surface area contributed by atoms with Crippen LogP contribution >= 0.6 is 11.6 Å². The van der Waals surface area contributed by atoms with Gasteiger partial charge in [-0.25, -0.2) is 4.79 Å². The summed E-state index contributed by atoms with van der Waals surface area (Å²) in [4.78, 5) is 12.8. The molecule has 1 fully saturated rings. The third-order valence-corrected chi connectivity index (χ3v) is 5.58. The van der Waals surface area contributed by atoms with Gasteiger partial charge in [0, 0.05) is 10.9 Å². The van der Waals surface area contributed by atoms with Crippen molar-refractivity contribution in [3.8, 4) is 5.69 Å². The molecule has 1 amide bonds. The largest absolute Gasteiger partial charge is 0.522 e. The van der Waals surface area contributed by atoms with Crippen molar-refractivity contribution in [2.24, 2.45) is 0 Å². The number of aromatic nitrogens is 3. The van der Waals surface area contributed by atoms with Gasteiger partial charge < -0.3 is 5.11 Å². The monoisotopic (exact) mass is 430 g/mol. The fourth-order valence-electron chi connectivity index (χ4n) is 4.05. The maximum absolute atomic E-state index is 12.5. The van der Waals surface area contributed by atoms with Crippen molar-refractivity contribution < 1.29 is 27.8 Å². The van der Waals surface area contributed by atoms with Crippen molar-refractivity contribution in [1.82, 2.24) is 19.7 Å². The number of rotatable bonds is 2. The van der Waals surface area contributed by atoms with E-state index in [4.69, 9.17) is 11.6 Å². The van der Waals surface area contributed by atoms with Gasteiger partial charge in [0.2, 0.25) is 0 Å². The molecule has 2 heterocycles. The molecule has 156 valence electrons. The molecule has 2 aliphatic rings. The number of amides is 1. The van der Waals surface area contributed by atoms with Crippen molar-refractivity contribution >= 4 is 17.7 Å². The number of carbonyl (C=O) groups is 1. The van der Waals surface area contributed by atoms with Gasteiger partial charge in [0.15, 0.2) is 5.82 Å². The summed E-state index contributed by atoms with van der Waals surface area (Å²) in [7, 11) is 0. The molecule has 0 spiro atoms. The van der Waals surface area contributed by atoms with Gasteiger partial charge >= 0.3 is 12.5 Å².